The molecular formula is C16H13ClN2O2S. The summed E-state index contributed by atoms with van der Waals surface area (Å²) in [5.74, 6) is 0.0137. The lowest BCUT2D eigenvalue weighted by Gasteiger charge is -2.27. The molecule has 0 saturated carbocycles. The summed E-state index contributed by atoms with van der Waals surface area (Å²) in [4.78, 5) is 26.8. The molecule has 22 heavy (non-hydrogen) atoms. The van der Waals surface area contributed by atoms with E-state index in [2.05, 4.69) is 5.32 Å². The second kappa shape index (κ2) is 6.02. The lowest BCUT2D eigenvalue weighted by Crippen LogP contribution is -2.43. The summed E-state index contributed by atoms with van der Waals surface area (Å²) in [6.07, 6.45) is 0. The molecule has 112 valence electrons. The number of fused-ring (bicyclic) bond motifs is 1. The molecule has 1 heterocycles. The number of carbonyl (C=O) groups is 2. The predicted molar refractivity (Wildman–Crippen MR) is 89.9 cm³/mol. The molecule has 3 rings (SSSR count). The molecule has 6 heteroatoms. The van der Waals surface area contributed by atoms with Crippen LogP contribution in [0.1, 0.15) is 5.56 Å². The number of thioether (sulfide) groups is 1. The number of urea groups is 1. The molecule has 3 amide bonds. The van der Waals surface area contributed by atoms with Crippen molar-refractivity contribution in [3.63, 3.8) is 0 Å². The molecule has 0 saturated heterocycles. The number of aryl methyl sites for hydroxylation is 1. The molecule has 1 aliphatic rings. The van der Waals surface area contributed by atoms with Crippen molar-refractivity contribution >= 4 is 46.7 Å². The van der Waals surface area contributed by atoms with E-state index in [9.17, 15) is 9.59 Å². The summed E-state index contributed by atoms with van der Waals surface area (Å²) in [6, 6.07) is 12.1. The topological polar surface area (TPSA) is 49.4 Å². The molecule has 2 aromatic rings. The van der Waals surface area contributed by atoms with Gasteiger partial charge in [0, 0.05) is 15.6 Å². The van der Waals surface area contributed by atoms with E-state index >= 15 is 0 Å². The number of amides is 3. The van der Waals surface area contributed by atoms with Gasteiger partial charge in [-0.1, -0.05) is 29.8 Å². The molecule has 0 unspecified atom stereocenters. The van der Waals surface area contributed by atoms with Crippen LogP contribution in [-0.4, -0.2) is 17.7 Å². The number of halogens is 1. The van der Waals surface area contributed by atoms with Gasteiger partial charge in [-0.2, -0.15) is 0 Å². The van der Waals surface area contributed by atoms with Crippen LogP contribution in [0.15, 0.2) is 47.4 Å². The highest BCUT2D eigenvalue weighted by molar-refractivity contribution is 8.00. The molecule has 0 fully saturated rings. The summed E-state index contributed by atoms with van der Waals surface area (Å²) in [6.45, 7) is 1.87. The third-order valence-electron chi connectivity index (χ3n) is 3.35. The van der Waals surface area contributed by atoms with Gasteiger partial charge in [-0.3, -0.25) is 4.79 Å². The van der Waals surface area contributed by atoms with E-state index in [0.29, 0.717) is 16.4 Å². The number of para-hydroxylation sites is 1. The maximum Gasteiger partial charge on any atom is 0.333 e. The molecule has 0 atom stereocenters. The first kappa shape index (κ1) is 14.9. The van der Waals surface area contributed by atoms with Gasteiger partial charge in [-0.25, -0.2) is 9.69 Å². The van der Waals surface area contributed by atoms with Crippen LogP contribution in [0.5, 0.6) is 0 Å². The fourth-order valence-electron chi connectivity index (χ4n) is 2.22. The molecule has 4 nitrogen and oxygen atoms in total. The van der Waals surface area contributed by atoms with Crippen LogP contribution in [0.25, 0.3) is 0 Å². The minimum atomic E-state index is -0.469. The van der Waals surface area contributed by atoms with Crippen LogP contribution in [0.4, 0.5) is 16.2 Å². The molecule has 0 aromatic heterocycles. The van der Waals surface area contributed by atoms with Crippen molar-refractivity contribution in [2.24, 2.45) is 0 Å². The Morgan fingerprint density at radius 2 is 2.05 bits per heavy atom. The zero-order valence-corrected chi connectivity index (χ0v) is 13.4. The van der Waals surface area contributed by atoms with Gasteiger partial charge < -0.3 is 5.32 Å². The second-order valence-electron chi connectivity index (χ2n) is 4.87. The van der Waals surface area contributed by atoms with Gasteiger partial charge in [0.25, 0.3) is 0 Å². The Bertz CT molecular complexity index is 764. The van der Waals surface area contributed by atoms with Crippen LogP contribution in [0, 0.1) is 6.92 Å². The number of rotatable bonds is 1. The number of anilines is 2. The lowest BCUT2D eigenvalue weighted by molar-refractivity contribution is -0.115. The summed E-state index contributed by atoms with van der Waals surface area (Å²) in [7, 11) is 0. The SMILES string of the molecule is Cc1ccc(Cl)cc1NC(=O)N1C(=O)CSc2ccccc21. The van der Waals surface area contributed by atoms with Gasteiger partial charge in [-0.05, 0) is 36.8 Å². The van der Waals surface area contributed by atoms with Crippen LogP contribution in [0.2, 0.25) is 5.02 Å². The van der Waals surface area contributed by atoms with Crippen molar-refractivity contribution in [1.29, 1.82) is 0 Å². The second-order valence-corrected chi connectivity index (χ2v) is 6.33. The number of nitrogens with zero attached hydrogens (tertiary/aromatic N) is 1. The van der Waals surface area contributed by atoms with E-state index in [4.69, 9.17) is 11.6 Å². The van der Waals surface area contributed by atoms with Gasteiger partial charge in [-0.15, -0.1) is 11.8 Å². The molecule has 0 radical (unpaired) electrons. The third kappa shape index (κ3) is 2.82. The summed E-state index contributed by atoms with van der Waals surface area (Å²) in [5.41, 5.74) is 2.09. The Morgan fingerprint density at radius 3 is 2.86 bits per heavy atom. The van der Waals surface area contributed by atoms with Gasteiger partial charge in [0.05, 0.1) is 11.4 Å². The molecule has 2 aromatic carbocycles. The van der Waals surface area contributed by atoms with Crippen molar-refractivity contribution < 1.29 is 9.59 Å². The zero-order chi connectivity index (χ0) is 15.7. The first-order chi connectivity index (χ1) is 10.6. The third-order valence-corrected chi connectivity index (χ3v) is 4.63. The standard InChI is InChI=1S/C16H13ClN2O2S/c1-10-6-7-11(17)8-12(10)18-16(21)19-13-4-2-3-5-14(13)22-9-15(19)20/h2-8H,9H2,1H3,(H,18,21). The average molecular weight is 333 g/mol. The summed E-state index contributed by atoms with van der Waals surface area (Å²) in [5, 5.41) is 3.29. The average Bonchev–Trinajstić information content (AvgIpc) is 2.50. The number of imide groups is 1. The Balaban J connectivity index is 1.92. The van der Waals surface area contributed by atoms with Crippen molar-refractivity contribution in [3.05, 3.63) is 53.1 Å². The maximum absolute atomic E-state index is 12.5. The molecular weight excluding hydrogens is 320 g/mol. The highest BCUT2D eigenvalue weighted by atomic mass is 35.5. The monoisotopic (exact) mass is 332 g/mol. The molecule has 0 spiro atoms. The van der Waals surface area contributed by atoms with Gasteiger partial charge in [0.15, 0.2) is 0 Å². The Kier molecular flexibility index (Phi) is 4.09. The first-order valence-electron chi connectivity index (χ1n) is 6.68. The number of carbonyl (C=O) groups excluding carboxylic acids is 2. The van der Waals surface area contributed by atoms with E-state index in [1.165, 1.54) is 16.7 Å². The quantitative estimate of drug-likeness (QED) is 0.846. The van der Waals surface area contributed by atoms with Crippen molar-refractivity contribution in [2.75, 3.05) is 16.0 Å². The number of benzene rings is 2. The van der Waals surface area contributed by atoms with E-state index in [0.717, 1.165) is 10.5 Å². The normalized spacial score (nSPS) is 13.7. The number of nitrogens with one attached hydrogen (secondary N) is 1. The Morgan fingerprint density at radius 1 is 1.27 bits per heavy atom. The highest BCUT2D eigenvalue weighted by Crippen LogP contribution is 2.35. The number of hydrogen-bond donors (Lipinski definition) is 1. The largest absolute Gasteiger partial charge is 0.333 e. The predicted octanol–water partition coefficient (Wildman–Crippen LogP) is 4.32. The highest BCUT2D eigenvalue weighted by Gasteiger charge is 2.30. The zero-order valence-electron chi connectivity index (χ0n) is 11.8. The minimum Gasteiger partial charge on any atom is -0.307 e. The van der Waals surface area contributed by atoms with Crippen LogP contribution in [-0.2, 0) is 4.79 Å². The molecule has 1 N–H and O–H groups in total. The van der Waals surface area contributed by atoms with E-state index < -0.39 is 6.03 Å². The minimum absolute atomic E-state index is 0.235. The Labute approximate surface area is 137 Å². The first-order valence-corrected chi connectivity index (χ1v) is 8.04. The molecule has 1 aliphatic heterocycles. The van der Waals surface area contributed by atoms with Gasteiger partial charge in [0.2, 0.25) is 5.91 Å². The lowest BCUT2D eigenvalue weighted by atomic mass is 10.2. The van der Waals surface area contributed by atoms with Crippen molar-refractivity contribution in [2.45, 2.75) is 11.8 Å². The van der Waals surface area contributed by atoms with Crippen molar-refractivity contribution in [1.82, 2.24) is 0 Å². The van der Waals surface area contributed by atoms with Crippen LogP contribution >= 0.6 is 23.4 Å². The summed E-state index contributed by atoms with van der Waals surface area (Å²) >= 11 is 7.40. The van der Waals surface area contributed by atoms with Crippen LogP contribution < -0.4 is 10.2 Å². The molecule has 0 bridgehead atoms. The smallest absolute Gasteiger partial charge is 0.307 e. The van der Waals surface area contributed by atoms with E-state index in [-0.39, 0.29) is 11.7 Å². The van der Waals surface area contributed by atoms with Crippen molar-refractivity contribution in [3.8, 4) is 0 Å². The van der Waals surface area contributed by atoms with Gasteiger partial charge >= 0.3 is 6.03 Å². The van der Waals surface area contributed by atoms with E-state index in [1.807, 2.05) is 31.2 Å². The maximum atomic E-state index is 12.5. The molecule has 0 aliphatic carbocycles. The fraction of sp³-hybridized carbons (Fsp3) is 0.125. The number of hydrogen-bond acceptors (Lipinski definition) is 3. The van der Waals surface area contributed by atoms with Crippen LogP contribution in [0.3, 0.4) is 0 Å². The van der Waals surface area contributed by atoms with E-state index in [1.54, 1.807) is 18.2 Å². The van der Waals surface area contributed by atoms with Gasteiger partial charge in [0.1, 0.15) is 0 Å². The fourth-order valence-corrected chi connectivity index (χ4v) is 3.29. The summed E-state index contributed by atoms with van der Waals surface area (Å²) < 4.78 is 0. The Hall–Kier alpha value is -1.98.